The van der Waals surface area contributed by atoms with Crippen LogP contribution in [-0.4, -0.2) is 10.1 Å². The van der Waals surface area contributed by atoms with Crippen molar-refractivity contribution in [3.05, 3.63) is 58.8 Å². The molecule has 1 N–H and O–H groups in total. The molecule has 2 aromatic heterocycles. The van der Waals surface area contributed by atoms with Crippen molar-refractivity contribution in [1.29, 1.82) is 0 Å². The van der Waals surface area contributed by atoms with E-state index in [2.05, 4.69) is 4.98 Å². The van der Waals surface area contributed by atoms with Crippen molar-refractivity contribution < 1.29 is 9.52 Å². The minimum atomic E-state index is 0.0809. The molecular weight excluding hydrogens is 302 g/mol. The number of benzene rings is 1. The Morgan fingerprint density at radius 3 is 2.71 bits per heavy atom. The summed E-state index contributed by atoms with van der Waals surface area (Å²) in [6.07, 6.45) is 0. The van der Waals surface area contributed by atoms with E-state index < -0.39 is 0 Å². The van der Waals surface area contributed by atoms with Crippen LogP contribution >= 0.6 is 23.1 Å². The van der Waals surface area contributed by atoms with Crippen molar-refractivity contribution in [2.45, 2.75) is 24.2 Å². The summed E-state index contributed by atoms with van der Waals surface area (Å²) in [5.74, 6) is 2.35. The molecule has 21 heavy (non-hydrogen) atoms. The van der Waals surface area contributed by atoms with Gasteiger partial charge < -0.3 is 9.52 Å². The van der Waals surface area contributed by atoms with E-state index in [0.29, 0.717) is 5.89 Å². The van der Waals surface area contributed by atoms with Gasteiger partial charge in [-0.25, -0.2) is 4.98 Å². The van der Waals surface area contributed by atoms with E-state index in [-0.39, 0.29) is 6.61 Å². The fourth-order valence-electron chi connectivity index (χ4n) is 1.91. The number of aryl methyl sites for hydroxylation is 1. The SMILES string of the molecule is Cc1oc(-c2cccs2)nc1CSc1ccc(CO)cc1. The van der Waals surface area contributed by atoms with Crippen LogP contribution in [-0.2, 0) is 12.4 Å². The fraction of sp³-hybridized carbons (Fsp3) is 0.188. The second kappa shape index (κ2) is 6.47. The van der Waals surface area contributed by atoms with Crippen molar-refractivity contribution in [3.63, 3.8) is 0 Å². The molecule has 0 spiro atoms. The maximum absolute atomic E-state index is 9.04. The van der Waals surface area contributed by atoms with Gasteiger partial charge in [0.05, 0.1) is 17.2 Å². The number of aliphatic hydroxyl groups is 1. The van der Waals surface area contributed by atoms with Crippen molar-refractivity contribution in [2.24, 2.45) is 0 Å². The number of thiophene rings is 1. The zero-order valence-corrected chi connectivity index (χ0v) is 13.2. The maximum Gasteiger partial charge on any atom is 0.236 e. The third kappa shape index (κ3) is 3.37. The first-order valence-electron chi connectivity index (χ1n) is 6.59. The molecule has 0 aliphatic rings. The van der Waals surface area contributed by atoms with E-state index in [1.54, 1.807) is 23.1 Å². The van der Waals surface area contributed by atoms with Crippen molar-refractivity contribution >= 4 is 23.1 Å². The Morgan fingerprint density at radius 1 is 1.24 bits per heavy atom. The summed E-state index contributed by atoms with van der Waals surface area (Å²) in [5, 5.41) is 11.1. The van der Waals surface area contributed by atoms with E-state index in [4.69, 9.17) is 9.52 Å². The number of hydrogen-bond donors (Lipinski definition) is 1. The zero-order chi connectivity index (χ0) is 14.7. The Labute approximate surface area is 131 Å². The molecule has 0 saturated carbocycles. The molecule has 3 rings (SSSR count). The molecule has 0 fully saturated rings. The number of aliphatic hydroxyl groups excluding tert-OH is 1. The molecule has 3 nitrogen and oxygen atoms in total. The summed E-state index contributed by atoms with van der Waals surface area (Å²) < 4.78 is 5.74. The van der Waals surface area contributed by atoms with E-state index >= 15 is 0 Å². The molecule has 5 heteroatoms. The highest BCUT2D eigenvalue weighted by atomic mass is 32.2. The maximum atomic E-state index is 9.04. The molecule has 3 aromatic rings. The number of oxazole rings is 1. The minimum absolute atomic E-state index is 0.0809. The van der Waals surface area contributed by atoms with Gasteiger partial charge in [-0.15, -0.1) is 23.1 Å². The van der Waals surface area contributed by atoms with Gasteiger partial charge in [0.2, 0.25) is 5.89 Å². The van der Waals surface area contributed by atoms with Gasteiger partial charge in [0.1, 0.15) is 5.76 Å². The molecule has 0 saturated heterocycles. The van der Waals surface area contributed by atoms with E-state index in [9.17, 15) is 0 Å². The second-order valence-corrected chi connectivity index (χ2v) is 6.59. The minimum Gasteiger partial charge on any atom is -0.440 e. The Kier molecular flexibility index (Phi) is 4.43. The van der Waals surface area contributed by atoms with E-state index in [0.717, 1.165) is 32.5 Å². The Balaban J connectivity index is 1.70. The fourth-order valence-corrected chi connectivity index (χ4v) is 3.46. The lowest BCUT2D eigenvalue weighted by molar-refractivity contribution is 0.282. The van der Waals surface area contributed by atoms with Crippen molar-refractivity contribution in [1.82, 2.24) is 4.98 Å². The molecule has 1 aromatic carbocycles. The standard InChI is InChI=1S/C16H15NO2S2/c1-11-14(17-16(19-11)15-3-2-8-20-15)10-21-13-6-4-12(9-18)5-7-13/h2-8,18H,9-10H2,1H3. The normalized spacial score (nSPS) is 11.0. The topological polar surface area (TPSA) is 46.3 Å². The molecule has 0 unspecified atom stereocenters. The first-order chi connectivity index (χ1) is 10.3. The predicted molar refractivity (Wildman–Crippen MR) is 86.5 cm³/mol. The summed E-state index contributed by atoms with van der Waals surface area (Å²) in [6.45, 7) is 2.03. The van der Waals surface area contributed by atoms with Gasteiger partial charge in [-0.1, -0.05) is 18.2 Å². The van der Waals surface area contributed by atoms with Crippen LogP contribution in [0.3, 0.4) is 0 Å². The highest BCUT2D eigenvalue weighted by Gasteiger charge is 2.12. The van der Waals surface area contributed by atoms with E-state index in [1.165, 1.54) is 0 Å². The van der Waals surface area contributed by atoms with Gasteiger partial charge in [-0.05, 0) is 36.1 Å². The molecule has 0 bridgehead atoms. The van der Waals surface area contributed by atoms with E-state index in [1.807, 2.05) is 48.7 Å². The van der Waals surface area contributed by atoms with Crippen LogP contribution in [0.5, 0.6) is 0 Å². The van der Waals surface area contributed by atoms with Crippen LogP contribution in [0.1, 0.15) is 17.0 Å². The molecule has 0 atom stereocenters. The summed E-state index contributed by atoms with van der Waals surface area (Å²) >= 11 is 3.35. The van der Waals surface area contributed by atoms with Crippen LogP contribution in [0, 0.1) is 6.92 Å². The number of thioether (sulfide) groups is 1. The van der Waals surface area contributed by atoms with Gasteiger partial charge in [0.15, 0.2) is 0 Å². The smallest absolute Gasteiger partial charge is 0.236 e. The summed E-state index contributed by atoms with van der Waals surface area (Å²) in [6, 6.07) is 11.9. The largest absolute Gasteiger partial charge is 0.440 e. The first-order valence-corrected chi connectivity index (χ1v) is 8.45. The summed E-state index contributed by atoms with van der Waals surface area (Å²) in [4.78, 5) is 6.80. The van der Waals surface area contributed by atoms with Crippen molar-refractivity contribution in [3.8, 4) is 10.8 Å². The Bertz CT molecular complexity index is 702. The lowest BCUT2D eigenvalue weighted by Crippen LogP contribution is -1.85. The van der Waals surface area contributed by atoms with Crippen LogP contribution in [0.15, 0.2) is 51.1 Å². The second-order valence-electron chi connectivity index (χ2n) is 4.59. The van der Waals surface area contributed by atoms with Gasteiger partial charge in [-0.3, -0.25) is 0 Å². The number of aromatic nitrogens is 1. The van der Waals surface area contributed by atoms with Gasteiger partial charge in [0, 0.05) is 10.6 Å². The lowest BCUT2D eigenvalue weighted by Gasteiger charge is -2.01. The quantitative estimate of drug-likeness (QED) is 0.704. The van der Waals surface area contributed by atoms with Crippen LogP contribution in [0.4, 0.5) is 0 Å². The van der Waals surface area contributed by atoms with Gasteiger partial charge in [0.25, 0.3) is 0 Å². The molecule has 0 aliphatic heterocycles. The number of nitrogens with zero attached hydrogens (tertiary/aromatic N) is 1. The number of rotatable bonds is 5. The highest BCUT2D eigenvalue weighted by Crippen LogP contribution is 2.29. The Hall–Kier alpha value is -1.56. The first kappa shape index (κ1) is 14.4. The molecule has 0 radical (unpaired) electrons. The monoisotopic (exact) mass is 317 g/mol. The average molecular weight is 317 g/mol. The molecular formula is C16H15NO2S2. The van der Waals surface area contributed by atoms with Crippen molar-refractivity contribution in [2.75, 3.05) is 0 Å². The zero-order valence-electron chi connectivity index (χ0n) is 11.6. The number of hydrogen-bond acceptors (Lipinski definition) is 5. The third-order valence-corrected chi connectivity index (χ3v) is 4.99. The molecule has 108 valence electrons. The van der Waals surface area contributed by atoms with Gasteiger partial charge in [-0.2, -0.15) is 0 Å². The molecule has 2 heterocycles. The summed E-state index contributed by atoms with van der Waals surface area (Å²) in [5.41, 5.74) is 1.91. The van der Waals surface area contributed by atoms with Crippen LogP contribution < -0.4 is 0 Å². The highest BCUT2D eigenvalue weighted by molar-refractivity contribution is 7.98. The summed E-state index contributed by atoms with van der Waals surface area (Å²) in [7, 11) is 0. The molecule has 0 aliphatic carbocycles. The van der Waals surface area contributed by atoms with Gasteiger partial charge >= 0.3 is 0 Å². The Morgan fingerprint density at radius 2 is 2.05 bits per heavy atom. The lowest BCUT2D eigenvalue weighted by atomic mass is 10.2. The molecule has 0 amide bonds. The van der Waals surface area contributed by atoms with Crippen LogP contribution in [0.2, 0.25) is 0 Å². The predicted octanol–water partition coefficient (Wildman–Crippen LogP) is 4.50. The average Bonchev–Trinajstić information content (AvgIpc) is 3.15. The van der Waals surface area contributed by atoms with Crippen LogP contribution in [0.25, 0.3) is 10.8 Å². The third-order valence-electron chi connectivity index (χ3n) is 3.11.